The number of hydrogen-bond donors (Lipinski definition) is 1. The third-order valence-corrected chi connectivity index (χ3v) is 8.37. The van der Waals surface area contributed by atoms with Gasteiger partial charge in [-0.05, 0) is 79.7 Å². The van der Waals surface area contributed by atoms with Gasteiger partial charge >= 0.3 is 5.91 Å². The molecule has 1 aliphatic carbocycles. The first kappa shape index (κ1) is 25.8. The van der Waals surface area contributed by atoms with E-state index >= 15 is 0 Å². The highest BCUT2D eigenvalue weighted by Crippen LogP contribution is 2.31. The van der Waals surface area contributed by atoms with Crippen LogP contribution in [-0.4, -0.2) is 54.8 Å². The Balaban J connectivity index is 1.03. The molecule has 0 saturated carbocycles. The Morgan fingerprint density at radius 1 is 1.11 bits per heavy atom. The Morgan fingerprint density at radius 3 is 2.49 bits per heavy atom. The molecule has 3 heterocycles. The number of amides is 1. The minimum Gasteiger partial charge on any atom is -0.494 e. The maximum atomic E-state index is 13.5. The third-order valence-electron chi connectivity index (χ3n) is 8.37. The minimum atomic E-state index is -0.814. The summed E-state index contributed by atoms with van der Waals surface area (Å²) >= 11 is 0. The molecule has 2 aromatic rings. The number of aryl methyl sites for hydroxylation is 1. The maximum absolute atomic E-state index is 13.5. The van der Waals surface area contributed by atoms with Gasteiger partial charge in [0.1, 0.15) is 12.3 Å². The van der Waals surface area contributed by atoms with Crippen LogP contribution in [0.2, 0.25) is 0 Å². The van der Waals surface area contributed by atoms with Gasteiger partial charge in [-0.25, -0.2) is 19.2 Å². The van der Waals surface area contributed by atoms with Crippen molar-refractivity contribution in [3.05, 3.63) is 53.9 Å². The zero-order chi connectivity index (χ0) is 25.6. The van der Waals surface area contributed by atoms with Crippen LogP contribution in [0.3, 0.4) is 0 Å². The number of likely N-dealkylation sites (tertiary alicyclic amines) is 1. The number of quaternary nitrogens is 1. The maximum Gasteiger partial charge on any atom is 0.315 e. The molecule has 0 spiro atoms. The Morgan fingerprint density at radius 2 is 1.86 bits per heavy atom. The number of carbonyl (C=O) groups is 1. The molecule has 37 heavy (non-hydrogen) atoms. The normalized spacial score (nSPS) is 24.6. The number of nitrogens with zero attached hydrogens (tertiary/aromatic N) is 3. The van der Waals surface area contributed by atoms with Gasteiger partial charge in [0, 0.05) is 31.9 Å². The molecular formula is C30H40FN4O2+. The van der Waals surface area contributed by atoms with Crippen LogP contribution in [0.1, 0.15) is 63.0 Å². The molecule has 1 N–H and O–H groups in total. The second kappa shape index (κ2) is 12.2. The summed E-state index contributed by atoms with van der Waals surface area (Å²) < 4.78 is 19.5. The number of anilines is 1. The lowest BCUT2D eigenvalue weighted by Crippen LogP contribution is -3.13. The number of piperidine rings is 1. The quantitative estimate of drug-likeness (QED) is 0.584. The topological polar surface area (TPSA) is 59.8 Å². The number of ether oxygens (including phenoxy) is 1. The molecule has 2 fully saturated rings. The average Bonchev–Trinajstić information content (AvgIpc) is 3.40. The van der Waals surface area contributed by atoms with E-state index in [9.17, 15) is 9.18 Å². The van der Waals surface area contributed by atoms with Crippen molar-refractivity contribution in [2.24, 2.45) is 11.8 Å². The van der Waals surface area contributed by atoms with Crippen molar-refractivity contribution in [1.29, 1.82) is 0 Å². The Labute approximate surface area is 219 Å². The molecule has 5 rings (SSSR count). The van der Waals surface area contributed by atoms with E-state index in [0.717, 1.165) is 81.2 Å². The number of carbonyl (C=O) groups excluding carboxylic acids is 1. The van der Waals surface area contributed by atoms with Crippen molar-refractivity contribution in [1.82, 2.24) is 9.97 Å². The number of alkyl halides is 1. The fourth-order valence-electron chi connectivity index (χ4n) is 5.87. The van der Waals surface area contributed by atoms with E-state index < -0.39 is 6.17 Å². The van der Waals surface area contributed by atoms with Crippen LogP contribution in [0.25, 0.3) is 5.57 Å². The molecule has 1 aromatic heterocycles. The molecule has 198 valence electrons. The molecule has 2 unspecified atom stereocenters. The third kappa shape index (κ3) is 6.56. The van der Waals surface area contributed by atoms with Gasteiger partial charge in [-0.2, -0.15) is 0 Å². The van der Waals surface area contributed by atoms with Crippen molar-refractivity contribution in [2.45, 2.75) is 64.5 Å². The van der Waals surface area contributed by atoms with E-state index in [0.29, 0.717) is 25.4 Å². The lowest BCUT2D eigenvalue weighted by atomic mass is 9.86. The van der Waals surface area contributed by atoms with Crippen LogP contribution in [0.5, 0.6) is 5.75 Å². The summed E-state index contributed by atoms with van der Waals surface area (Å²) in [6.07, 6.45) is 12.6. The number of allylic oxidation sites excluding steroid dienone is 2. The number of hydrogen-bond acceptors (Lipinski definition) is 5. The highest BCUT2D eigenvalue weighted by atomic mass is 19.1. The van der Waals surface area contributed by atoms with Gasteiger partial charge in [0.25, 0.3) is 0 Å². The summed E-state index contributed by atoms with van der Waals surface area (Å²) in [4.78, 5) is 24.9. The highest BCUT2D eigenvalue weighted by Gasteiger charge is 2.36. The van der Waals surface area contributed by atoms with Crippen molar-refractivity contribution in [3.63, 3.8) is 0 Å². The van der Waals surface area contributed by atoms with Crippen molar-refractivity contribution in [3.8, 4) is 5.75 Å². The van der Waals surface area contributed by atoms with Gasteiger partial charge in [-0.15, -0.1) is 0 Å². The molecule has 1 aromatic carbocycles. The molecule has 0 radical (unpaired) electrons. The van der Waals surface area contributed by atoms with Gasteiger partial charge in [0.2, 0.25) is 5.95 Å². The first-order valence-electron chi connectivity index (χ1n) is 14.1. The molecule has 2 saturated heterocycles. The molecular weight excluding hydrogens is 467 g/mol. The summed E-state index contributed by atoms with van der Waals surface area (Å²) in [5.74, 6) is 2.68. The largest absolute Gasteiger partial charge is 0.494 e. The smallest absolute Gasteiger partial charge is 0.315 e. The van der Waals surface area contributed by atoms with Crippen LogP contribution >= 0.6 is 0 Å². The standard InChI is InChI=1S/C30H39FN4O2/c1-2-22-19-32-30(33-20-22)34-15-11-23(12-16-34)14-18-37-28-9-7-25(8-10-28)24-3-5-26(6-4-24)29(36)35-17-13-27(31)21-35/h3,7-10,19-20,23,26-27H,2,4-6,11-18,21H2,1H3/p+1/t26?,27-/m0/s1. The van der Waals surface area contributed by atoms with E-state index in [1.165, 1.54) is 16.7 Å². The van der Waals surface area contributed by atoms with Gasteiger partial charge in [-0.3, -0.25) is 4.90 Å². The van der Waals surface area contributed by atoms with E-state index in [-0.39, 0.29) is 11.8 Å². The van der Waals surface area contributed by atoms with E-state index in [1.54, 1.807) is 0 Å². The van der Waals surface area contributed by atoms with Crippen LogP contribution < -0.4 is 14.5 Å². The van der Waals surface area contributed by atoms with E-state index in [2.05, 4.69) is 52.1 Å². The SMILES string of the molecule is CCc1cnc(N2CCC(CCOc3ccc(C4=CCC(C(=O)[NH+]5CC[C@H](F)C5)CC4)cc3)CC2)nc1. The Kier molecular flexibility index (Phi) is 8.49. The van der Waals surface area contributed by atoms with Gasteiger partial charge in [-0.1, -0.05) is 25.1 Å². The lowest BCUT2D eigenvalue weighted by molar-refractivity contribution is -0.809. The molecule has 6 nitrogen and oxygen atoms in total. The zero-order valence-corrected chi connectivity index (χ0v) is 22.0. The summed E-state index contributed by atoms with van der Waals surface area (Å²) in [6, 6.07) is 8.38. The Hall–Kier alpha value is -2.80. The fraction of sp³-hybridized carbons (Fsp3) is 0.567. The summed E-state index contributed by atoms with van der Waals surface area (Å²) in [5.41, 5.74) is 3.68. The summed E-state index contributed by atoms with van der Waals surface area (Å²) in [6.45, 7) is 5.86. The van der Waals surface area contributed by atoms with Crippen LogP contribution in [0.15, 0.2) is 42.7 Å². The van der Waals surface area contributed by atoms with Crippen LogP contribution in [0, 0.1) is 11.8 Å². The number of nitrogens with one attached hydrogen (secondary N) is 1. The summed E-state index contributed by atoms with van der Waals surface area (Å²) in [5, 5.41) is 0. The van der Waals surface area contributed by atoms with Gasteiger partial charge in [0.15, 0.2) is 6.17 Å². The van der Waals surface area contributed by atoms with E-state index in [4.69, 9.17) is 4.74 Å². The van der Waals surface area contributed by atoms with E-state index in [1.807, 2.05) is 12.4 Å². The molecule has 3 aliphatic rings. The highest BCUT2D eigenvalue weighted by molar-refractivity contribution is 5.74. The second-order valence-corrected chi connectivity index (χ2v) is 10.8. The average molecular weight is 508 g/mol. The first-order valence-corrected chi connectivity index (χ1v) is 14.1. The van der Waals surface area contributed by atoms with Crippen molar-refractivity contribution >= 4 is 17.4 Å². The van der Waals surface area contributed by atoms with Gasteiger partial charge < -0.3 is 9.64 Å². The first-order chi connectivity index (χ1) is 18.1. The molecule has 2 aliphatic heterocycles. The van der Waals surface area contributed by atoms with Crippen LogP contribution in [-0.2, 0) is 11.2 Å². The molecule has 0 bridgehead atoms. The molecule has 7 heteroatoms. The van der Waals surface area contributed by atoms with Gasteiger partial charge in [0.05, 0.1) is 19.1 Å². The second-order valence-electron chi connectivity index (χ2n) is 10.8. The monoisotopic (exact) mass is 507 g/mol. The summed E-state index contributed by atoms with van der Waals surface area (Å²) in [7, 11) is 0. The number of halogens is 1. The Bertz CT molecular complexity index is 1060. The zero-order valence-electron chi connectivity index (χ0n) is 22.0. The lowest BCUT2D eigenvalue weighted by Gasteiger charge is -2.32. The van der Waals surface area contributed by atoms with Crippen LogP contribution in [0.4, 0.5) is 10.3 Å². The molecule has 1 amide bonds. The minimum absolute atomic E-state index is 0.0349. The van der Waals surface area contributed by atoms with Crippen molar-refractivity contribution in [2.75, 3.05) is 37.7 Å². The number of aromatic nitrogens is 2. The number of benzene rings is 1. The predicted molar refractivity (Wildman–Crippen MR) is 143 cm³/mol. The van der Waals surface area contributed by atoms with Crippen molar-refractivity contribution < 1.29 is 18.8 Å². The number of rotatable bonds is 8. The molecule has 3 atom stereocenters. The fourth-order valence-corrected chi connectivity index (χ4v) is 5.87. The predicted octanol–water partition coefficient (Wildman–Crippen LogP) is 4.06.